The molecule has 0 saturated carbocycles. The number of rotatable bonds is 4. The lowest BCUT2D eigenvalue weighted by molar-refractivity contribution is 0.196. The molecule has 0 spiro atoms. The quantitative estimate of drug-likeness (QED) is 0.592. The van der Waals surface area contributed by atoms with Crippen LogP contribution in [-0.2, 0) is 19.4 Å². The van der Waals surface area contributed by atoms with Gasteiger partial charge in [0.25, 0.3) is 0 Å². The highest BCUT2D eigenvalue weighted by atomic mass is 16.3. The third kappa shape index (κ3) is 2.75. The van der Waals surface area contributed by atoms with Crippen molar-refractivity contribution in [1.29, 1.82) is 0 Å². The van der Waals surface area contributed by atoms with Crippen LogP contribution in [0.3, 0.4) is 0 Å². The number of hydrogen-bond donors (Lipinski definition) is 1. The number of aryl methyl sites for hydroxylation is 1. The molecule has 0 fully saturated rings. The van der Waals surface area contributed by atoms with E-state index in [1.54, 1.807) is 6.33 Å². The summed E-state index contributed by atoms with van der Waals surface area (Å²) in [4.78, 5) is 15.1. The zero-order valence-corrected chi connectivity index (χ0v) is 15.4. The number of fused-ring (bicyclic) bond motifs is 2. The van der Waals surface area contributed by atoms with Crippen LogP contribution in [-0.4, -0.2) is 26.4 Å². The second kappa shape index (κ2) is 6.67. The number of hydrogen-bond acceptors (Lipinski definition) is 4. The minimum atomic E-state index is 0.0552. The first-order valence-electron chi connectivity index (χ1n) is 9.51. The molecule has 4 heterocycles. The van der Waals surface area contributed by atoms with Gasteiger partial charge in [0, 0.05) is 48.8 Å². The van der Waals surface area contributed by atoms with Crippen LogP contribution in [0.15, 0.2) is 59.4 Å². The minimum Gasteiger partial charge on any atom is -0.461 e. The van der Waals surface area contributed by atoms with E-state index in [4.69, 9.17) is 4.42 Å². The molecule has 0 aliphatic carbocycles. The van der Waals surface area contributed by atoms with Crippen molar-refractivity contribution >= 4 is 11.0 Å². The number of furan rings is 1. The Bertz CT molecular complexity index is 1070. The maximum Gasteiger partial charge on any atom is 0.134 e. The van der Waals surface area contributed by atoms with Gasteiger partial charge in [-0.15, -0.1) is 0 Å². The van der Waals surface area contributed by atoms with E-state index < -0.39 is 0 Å². The molecule has 1 aromatic carbocycles. The Morgan fingerprint density at radius 2 is 2.04 bits per heavy atom. The van der Waals surface area contributed by atoms with Gasteiger partial charge in [-0.2, -0.15) is 0 Å². The Balaban J connectivity index is 1.59. The first-order valence-corrected chi connectivity index (χ1v) is 9.51. The van der Waals surface area contributed by atoms with Gasteiger partial charge in [0.2, 0.25) is 0 Å². The number of nitrogens with zero attached hydrogens (tertiary/aromatic N) is 3. The molecule has 1 N–H and O–H groups in total. The van der Waals surface area contributed by atoms with Gasteiger partial charge in [-0.1, -0.05) is 31.2 Å². The molecule has 0 bridgehead atoms. The molecule has 5 nitrogen and oxygen atoms in total. The van der Waals surface area contributed by atoms with Gasteiger partial charge < -0.3 is 9.40 Å². The molecule has 3 aromatic heterocycles. The average Bonchev–Trinajstić information content (AvgIpc) is 3.33. The van der Waals surface area contributed by atoms with Gasteiger partial charge in [0.1, 0.15) is 11.3 Å². The highest BCUT2D eigenvalue weighted by Gasteiger charge is 2.32. The summed E-state index contributed by atoms with van der Waals surface area (Å²) >= 11 is 0. The fraction of sp³-hybridized carbons (Fsp3) is 0.273. The molecule has 1 unspecified atom stereocenters. The van der Waals surface area contributed by atoms with E-state index in [2.05, 4.69) is 51.0 Å². The molecular weight excluding hydrogens is 336 g/mol. The number of pyridine rings is 1. The normalized spacial score (nSPS) is 17.3. The Kier molecular flexibility index (Phi) is 4.02. The van der Waals surface area contributed by atoms with Crippen LogP contribution >= 0.6 is 0 Å². The summed E-state index contributed by atoms with van der Waals surface area (Å²) in [6.45, 7) is 3.94. The number of benzene rings is 1. The highest BCUT2D eigenvalue weighted by molar-refractivity contribution is 5.82. The maximum absolute atomic E-state index is 6.12. The van der Waals surface area contributed by atoms with Gasteiger partial charge >= 0.3 is 0 Å². The van der Waals surface area contributed by atoms with Crippen molar-refractivity contribution in [2.24, 2.45) is 0 Å². The summed E-state index contributed by atoms with van der Waals surface area (Å²) in [6.07, 6.45) is 5.52. The molecule has 27 heavy (non-hydrogen) atoms. The van der Waals surface area contributed by atoms with E-state index in [1.165, 1.54) is 16.6 Å². The van der Waals surface area contributed by atoms with E-state index in [9.17, 15) is 0 Å². The van der Waals surface area contributed by atoms with Gasteiger partial charge in [-0.3, -0.25) is 9.88 Å². The summed E-state index contributed by atoms with van der Waals surface area (Å²) in [5.74, 6) is 1.07. The lowest BCUT2D eigenvalue weighted by Crippen LogP contribution is -2.36. The second-order valence-corrected chi connectivity index (χ2v) is 7.00. The van der Waals surface area contributed by atoms with Crippen LogP contribution < -0.4 is 0 Å². The van der Waals surface area contributed by atoms with E-state index >= 15 is 0 Å². The topological polar surface area (TPSA) is 58.0 Å². The van der Waals surface area contributed by atoms with Gasteiger partial charge in [0.05, 0.1) is 23.8 Å². The summed E-state index contributed by atoms with van der Waals surface area (Å²) < 4.78 is 6.12. The molecule has 5 heteroatoms. The molecule has 0 amide bonds. The Labute approximate surface area is 158 Å². The van der Waals surface area contributed by atoms with Crippen LogP contribution in [0.2, 0.25) is 0 Å². The molecule has 1 aliphatic rings. The Morgan fingerprint density at radius 3 is 2.89 bits per heavy atom. The van der Waals surface area contributed by atoms with Crippen LogP contribution in [0.25, 0.3) is 11.0 Å². The standard InChI is InChI=1S/C22H22N4O/c1-2-19-16(15-7-3-4-9-20(15)27-19)13-26-12-10-17-21(25-14-24-17)22(26)18-8-5-6-11-23-18/h3-9,11,14,22H,2,10,12-13H2,1H3,(H,24,25). The van der Waals surface area contributed by atoms with E-state index in [0.29, 0.717) is 0 Å². The number of aromatic amines is 1. The maximum atomic E-state index is 6.12. The molecule has 4 aromatic rings. The van der Waals surface area contributed by atoms with Crippen molar-refractivity contribution in [3.8, 4) is 0 Å². The molecule has 1 atom stereocenters. The molecular formula is C22H22N4O. The van der Waals surface area contributed by atoms with Gasteiger partial charge in [0.15, 0.2) is 0 Å². The Morgan fingerprint density at radius 1 is 1.15 bits per heavy atom. The number of imidazole rings is 1. The molecule has 136 valence electrons. The summed E-state index contributed by atoms with van der Waals surface area (Å²) in [6, 6.07) is 14.5. The van der Waals surface area contributed by atoms with Crippen molar-refractivity contribution in [1.82, 2.24) is 19.9 Å². The van der Waals surface area contributed by atoms with Crippen molar-refractivity contribution in [2.45, 2.75) is 32.4 Å². The first-order chi connectivity index (χ1) is 13.3. The predicted molar refractivity (Wildman–Crippen MR) is 104 cm³/mol. The number of aromatic nitrogens is 3. The Hall–Kier alpha value is -2.92. The number of nitrogens with one attached hydrogen (secondary N) is 1. The van der Waals surface area contributed by atoms with Crippen molar-refractivity contribution in [2.75, 3.05) is 6.54 Å². The summed E-state index contributed by atoms with van der Waals surface area (Å²) in [5.41, 5.74) is 5.60. The number of H-pyrrole nitrogens is 1. The van der Waals surface area contributed by atoms with Crippen LogP contribution in [0.4, 0.5) is 0 Å². The smallest absolute Gasteiger partial charge is 0.134 e. The third-order valence-electron chi connectivity index (χ3n) is 5.46. The molecule has 5 rings (SSSR count). The van der Waals surface area contributed by atoms with Crippen LogP contribution in [0, 0.1) is 0 Å². The lowest BCUT2D eigenvalue weighted by atomic mass is 9.97. The van der Waals surface area contributed by atoms with Crippen molar-refractivity contribution < 1.29 is 4.42 Å². The van der Waals surface area contributed by atoms with Crippen molar-refractivity contribution in [3.63, 3.8) is 0 Å². The first kappa shape index (κ1) is 16.3. The molecule has 1 aliphatic heterocycles. The largest absolute Gasteiger partial charge is 0.461 e. The average molecular weight is 358 g/mol. The second-order valence-electron chi connectivity index (χ2n) is 7.00. The van der Waals surface area contributed by atoms with E-state index in [-0.39, 0.29) is 6.04 Å². The zero-order chi connectivity index (χ0) is 18.2. The van der Waals surface area contributed by atoms with Crippen LogP contribution in [0.5, 0.6) is 0 Å². The van der Waals surface area contributed by atoms with Gasteiger partial charge in [-0.25, -0.2) is 4.98 Å². The molecule has 0 saturated heterocycles. The summed E-state index contributed by atoms with van der Waals surface area (Å²) in [7, 11) is 0. The monoisotopic (exact) mass is 358 g/mol. The predicted octanol–water partition coefficient (Wildman–Crippen LogP) is 4.26. The zero-order valence-electron chi connectivity index (χ0n) is 15.4. The van der Waals surface area contributed by atoms with E-state index in [0.717, 1.165) is 48.7 Å². The number of para-hydroxylation sites is 1. The fourth-order valence-corrected chi connectivity index (χ4v) is 4.17. The molecule has 0 radical (unpaired) electrons. The SMILES string of the molecule is CCc1oc2ccccc2c1CN1CCc2[nH]cnc2C1c1ccccn1. The highest BCUT2D eigenvalue weighted by Crippen LogP contribution is 2.36. The summed E-state index contributed by atoms with van der Waals surface area (Å²) in [5, 5.41) is 1.21. The van der Waals surface area contributed by atoms with Gasteiger partial charge in [-0.05, 0) is 18.2 Å². The lowest BCUT2D eigenvalue weighted by Gasteiger charge is -2.34. The van der Waals surface area contributed by atoms with Crippen LogP contribution in [0.1, 0.15) is 41.4 Å². The van der Waals surface area contributed by atoms with Crippen molar-refractivity contribution in [3.05, 3.63) is 83.4 Å². The third-order valence-corrected chi connectivity index (χ3v) is 5.46. The fourth-order valence-electron chi connectivity index (χ4n) is 4.17. The minimum absolute atomic E-state index is 0.0552. The van der Waals surface area contributed by atoms with E-state index in [1.807, 2.05) is 24.4 Å².